The van der Waals surface area contributed by atoms with Crippen LogP contribution in [-0.2, 0) is 18.4 Å². The van der Waals surface area contributed by atoms with Crippen LogP contribution in [0, 0.1) is 0 Å². The fourth-order valence-corrected chi connectivity index (χ4v) is 5.02. The van der Waals surface area contributed by atoms with Gasteiger partial charge in [-0.25, -0.2) is 0 Å². The molecular weight excluding hydrogens is 563 g/mol. The van der Waals surface area contributed by atoms with Gasteiger partial charge in [-0.3, -0.25) is 9.36 Å². The SMILES string of the molecule is CCCCCCCCCC/C=C/CC/C=C/CC/C=C/C(O)C(COP(=O)([O-])OCC[N+](C)(C)C)NC(=O)CCCCC. The predicted octanol–water partition coefficient (Wildman–Crippen LogP) is 7.38. The number of allylic oxidation sites excluding steroid dienone is 5. The van der Waals surface area contributed by atoms with Crippen LogP contribution >= 0.6 is 7.82 Å². The second-order valence-corrected chi connectivity index (χ2v) is 13.9. The van der Waals surface area contributed by atoms with Gasteiger partial charge in [0.25, 0.3) is 7.82 Å². The number of hydrogen-bond donors (Lipinski definition) is 2. The summed E-state index contributed by atoms with van der Waals surface area (Å²) in [5.74, 6) is -0.240. The zero-order chi connectivity index (χ0) is 32.2. The molecule has 43 heavy (non-hydrogen) atoms. The Labute approximate surface area is 264 Å². The summed E-state index contributed by atoms with van der Waals surface area (Å²) in [5, 5.41) is 13.4. The fourth-order valence-electron chi connectivity index (χ4n) is 4.30. The number of carbonyl (C=O) groups excluding carboxylic acids is 1. The number of amides is 1. The molecule has 0 saturated heterocycles. The van der Waals surface area contributed by atoms with Gasteiger partial charge >= 0.3 is 0 Å². The largest absolute Gasteiger partial charge is 0.756 e. The molecule has 2 N–H and O–H groups in total. The molecule has 0 saturated carbocycles. The van der Waals surface area contributed by atoms with Crippen LogP contribution in [0.4, 0.5) is 0 Å². The molecule has 3 atom stereocenters. The highest BCUT2D eigenvalue weighted by Gasteiger charge is 2.23. The highest BCUT2D eigenvalue weighted by Crippen LogP contribution is 2.38. The van der Waals surface area contributed by atoms with Crippen LogP contribution in [0.25, 0.3) is 0 Å². The predicted molar refractivity (Wildman–Crippen MR) is 178 cm³/mol. The normalized spacial score (nSPS) is 15.4. The summed E-state index contributed by atoms with van der Waals surface area (Å²) in [4.78, 5) is 24.6. The molecule has 0 spiro atoms. The quantitative estimate of drug-likeness (QED) is 0.0387. The number of phosphoric ester groups is 1. The lowest BCUT2D eigenvalue weighted by atomic mass is 10.1. The zero-order valence-corrected chi connectivity index (χ0v) is 29.0. The van der Waals surface area contributed by atoms with E-state index in [-0.39, 0.29) is 12.5 Å². The van der Waals surface area contributed by atoms with Crippen LogP contribution in [0.2, 0.25) is 0 Å². The van der Waals surface area contributed by atoms with E-state index in [0.29, 0.717) is 17.4 Å². The number of nitrogens with one attached hydrogen (secondary N) is 1. The average molecular weight is 629 g/mol. The van der Waals surface area contributed by atoms with Gasteiger partial charge in [-0.05, 0) is 44.9 Å². The van der Waals surface area contributed by atoms with E-state index in [4.69, 9.17) is 9.05 Å². The molecule has 0 fully saturated rings. The molecule has 1 amide bonds. The van der Waals surface area contributed by atoms with Gasteiger partial charge < -0.3 is 28.8 Å². The Hall–Kier alpha value is -1.28. The van der Waals surface area contributed by atoms with Crippen molar-refractivity contribution in [2.24, 2.45) is 0 Å². The Morgan fingerprint density at radius 1 is 0.791 bits per heavy atom. The lowest BCUT2D eigenvalue weighted by Crippen LogP contribution is -2.45. The highest BCUT2D eigenvalue weighted by atomic mass is 31.2. The number of likely N-dealkylation sites (N-methyl/N-ethyl adjacent to an activating group) is 1. The minimum absolute atomic E-state index is 0.0100. The third kappa shape index (κ3) is 29.2. The third-order valence-corrected chi connectivity index (χ3v) is 8.04. The van der Waals surface area contributed by atoms with E-state index in [9.17, 15) is 19.4 Å². The first kappa shape index (κ1) is 41.7. The van der Waals surface area contributed by atoms with Gasteiger partial charge in [-0.2, -0.15) is 0 Å². The highest BCUT2D eigenvalue weighted by molar-refractivity contribution is 7.45. The lowest BCUT2D eigenvalue weighted by Gasteiger charge is -2.29. The number of quaternary nitrogens is 1. The maximum atomic E-state index is 12.4. The zero-order valence-electron chi connectivity index (χ0n) is 28.1. The van der Waals surface area contributed by atoms with Crippen molar-refractivity contribution in [1.82, 2.24) is 5.32 Å². The minimum Gasteiger partial charge on any atom is -0.756 e. The van der Waals surface area contributed by atoms with Crippen LogP contribution in [0.15, 0.2) is 36.5 Å². The summed E-state index contributed by atoms with van der Waals surface area (Å²) in [6, 6.07) is -0.900. The molecule has 0 aliphatic heterocycles. The maximum Gasteiger partial charge on any atom is 0.268 e. The summed E-state index contributed by atoms with van der Waals surface area (Å²) in [5.41, 5.74) is 0. The number of carbonyl (C=O) groups is 1. The molecule has 0 heterocycles. The average Bonchev–Trinajstić information content (AvgIpc) is 2.93. The number of aliphatic hydroxyl groups is 1. The first-order valence-electron chi connectivity index (χ1n) is 16.9. The van der Waals surface area contributed by atoms with Crippen LogP contribution in [-0.4, -0.2) is 68.5 Å². The van der Waals surface area contributed by atoms with Crippen molar-refractivity contribution >= 4 is 13.7 Å². The molecule has 0 aliphatic carbocycles. The monoisotopic (exact) mass is 628 g/mol. The first-order chi connectivity index (χ1) is 20.5. The Kier molecular flexibility index (Phi) is 26.3. The molecule has 0 aromatic rings. The Bertz CT molecular complexity index is 809. The molecule has 0 rings (SSSR count). The fraction of sp³-hybridized carbons (Fsp3) is 0.794. The number of phosphoric acid groups is 1. The molecule has 252 valence electrons. The van der Waals surface area contributed by atoms with Gasteiger partial charge in [0.15, 0.2) is 0 Å². The molecule has 3 unspecified atom stereocenters. The van der Waals surface area contributed by atoms with Crippen molar-refractivity contribution in [2.75, 3.05) is 40.9 Å². The molecule has 0 aliphatic rings. The molecule has 8 nitrogen and oxygen atoms in total. The Balaban J connectivity index is 4.42. The van der Waals surface area contributed by atoms with Gasteiger partial charge in [0, 0.05) is 6.42 Å². The van der Waals surface area contributed by atoms with Gasteiger partial charge in [0.05, 0.1) is 39.9 Å². The topological polar surface area (TPSA) is 108 Å². The van der Waals surface area contributed by atoms with Gasteiger partial charge in [-0.1, -0.05) is 108 Å². The van der Waals surface area contributed by atoms with Crippen molar-refractivity contribution in [3.05, 3.63) is 36.5 Å². The second kappa shape index (κ2) is 27.1. The van der Waals surface area contributed by atoms with Crippen LogP contribution < -0.4 is 10.2 Å². The number of unbranched alkanes of at least 4 members (excludes halogenated alkanes) is 12. The summed E-state index contributed by atoms with van der Waals surface area (Å²) >= 11 is 0. The number of rotatable bonds is 29. The summed E-state index contributed by atoms with van der Waals surface area (Å²) < 4.78 is 22.8. The standard InChI is InChI=1S/C34H65N2O6P/c1-6-8-10-11-12-13-14-15-16-17-18-19-20-21-22-23-24-26-27-33(37)32(35-34(38)28-25-9-7-2)31-42-43(39,40)41-30-29-36(3,4)5/h17-18,21-22,26-27,32-33,37H,6-16,19-20,23-25,28-31H2,1-5H3,(H-,35,38,39,40)/b18-17+,22-21+,27-26+. The van der Waals surface area contributed by atoms with Crippen LogP contribution in [0.1, 0.15) is 123 Å². The van der Waals surface area contributed by atoms with Crippen LogP contribution in [0.3, 0.4) is 0 Å². The molecule has 0 aromatic heterocycles. The minimum atomic E-state index is -4.57. The van der Waals surface area contributed by atoms with Crippen LogP contribution in [0.5, 0.6) is 0 Å². The van der Waals surface area contributed by atoms with Crippen molar-refractivity contribution in [1.29, 1.82) is 0 Å². The smallest absolute Gasteiger partial charge is 0.268 e. The Morgan fingerprint density at radius 3 is 1.88 bits per heavy atom. The molecule has 0 radical (unpaired) electrons. The van der Waals surface area contributed by atoms with Crippen molar-refractivity contribution < 1.29 is 32.9 Å². The van der Waals surface area contributed by atoms with Crippen molar-refractivity contribution in [2.45, 2.75) is 135 Å². The third-order valence-electron chi connectivity index (χ3n) is 7.08. The van der Waals surface area contributed by atoms with E-state index in [2.05, 4.69) is 43.5 Å². The van der Waals surface area contributed by atoms with E-state index in [1.54, 1.807) is 6.08 Å². The molecule has 0 aromatic carbocycles. The lowest BCUT2D eigenvalue weighted by molar-refractivity contribution is -0.870. The van der Waals surface area contributed by atoms with E-state index in [1.807, 2.05) is 27.2 Å². The maximum absolute atomic E-state index is 12.4. The van der Waals surface area contributed by atoms with Crippen molar-refractivity contribution in [3.63, 3.8) is 0 Å². The van der Waals surface area contributed by atoms with Crippen molar-refractivity contribution in [3.8, 4) is 0 Å². The molecular formula is C34H65N2O6P. The number of hydrogen-bond acceptors (Lipinski definition) is 6. The summed E-state index contributed by atoms with van der Waals surface area (Å²) in [6.07, 6.45) is 29.8. The second-order valence-electron chi connectivity index (χ2n) is 12.5. The van der Waals surface area contributed by atoms with Gasteiger partial charge in [0.2, 0.25) is 5.91 Å². The van der Waals surface area contributed by atoms with Gasteiger partial charge in [-0.15, -0.1) is 0 Å². The first-order valence-corrected chi connectivity index (χ1v) is 18.3. The van der Waals surface area contributed by atoms with E-state index >= 15 is 0 Å². The number of aliphatic hydroxyl groups excluding tert-OH is 1. The molecule has 0 bridgehead atoms. The van der Waals surface area contributed by atoms with Gasteiger partial charge in [0.1, 0.15) is 13.2 Å². The molecule has 9 heteroatoms. The van der Waals surface area contributed by atoms with E-state index in [1.165, 1.54) is 57.8 Å². The summed E-state index contributed by atoms with van der Waals surface area (Å²) in [6.45, 7) is 4.39. The Morgan fingerprint density at radius 2 is 1.30 bits per heavy atom. The van der Waals surface area contributed by atoms with E-state index < -0.39 is 26.6 Å². The summed E-state index contributed by atoms with van der Waals surface area (Å²) in [7, 11) is 1.22. The number of nitrogens with zero attached hydrogens (tertiary/aromatic N) is 1. The van der Waals surface area contributed by atoms with E-state index in [0.717, 1.165) is 44.9 Å².